The van der Waals surface area contributed by atoms with Crippen LogP contribution in [0.5, 0.6) is 0 Å². The van der Waals surface area contributed by atoms with Crippen molar-refractivity contribution in [3.8, 4) is 0 Å². The molecule has 0 spiro atoms. The van der Waals surface area contributed by atoms with E-state index in [1.807, 2.05) is 18.5 Å². The fraction of sp³-hybridized carbons (Fsp3) is 0.167. The van der Waals surface area contributed by atoms with Crippen LogP contribution in [0.2, 0.25) is 0 Å². The molecular weight excluding hydrogens is 186 g/mol. The van der Waals surface area contributed by atoms with Gasteiger partial charge in [0.05, 0.1) is 5.52 Å². The Morgan fingerprint density at radius 2 is 2.33 bits per heavy atom. The highest BCUT2D eigenvalue weighted by Gasteiger charge is 2.07. The van der Waals surface area contributed by atoms with E-state index < -0.39 is 0 Å². The van der Waals surface area contributed by atoms with Crippen LogP contribution in [-0.4, -0.2) is 9.97 Å². The summed E-state index contributed by atoms with van der Waals surface area (Å²) in [5, 5.41) is 4.34. The Morgan fingerprint density at radius 1 is 1.33 bits per heavy atom. The standard InChI is InChI=1S/C12H11N3/c1-2-11-9(7-13-4-1)6-10-8-14-5-3-12(10)15-11/h1,3-6,8,13H,2,7H2. The zero-order chi connectivity index (χ0) is 10.1. The van der Waals surface area contributed by atoms with E-state index in [-0.39, 0.29) is 0 Å². The predicted molar refractivity (Wildman–Crippen MR) is 59.2 cm³/mol. The zero-order valence-electron chi connectivity index (χ0n) is 8.27. The van der Waals surface area contributed by atoms with Gasteiger partial charge in [-0.15, -0.1) is 0 Å². The zero-order valence-corrected chi connectivity index (χ0v) is 8.27. The van der Waals surface area contributed by atoms with E-state index in [0.717, 1.165) is 29.6 Å². The Kier molecular flexibility index (Phi) is 1.88. The van der Waals surface area contributed by atoms with Crippen molar-refractivity contribution < 1.29 is 0 Å². The first-order chi connectivity index (χ1) is 7.43. The maximum atomic E-state index is 4.64. The van der Waals surface area contributed by atoms with Crippen molar-refractivity contribution in [3.05, 3.63) is 48.1 Å². The third-order valence-corrected chi connectivity index (χ3v) is 2.62. The maximum Gasteiger partial charge on any atom is 0.0736 e. The second-order valence-corrected chi connectivity index (χ2v) is 3.65. The molecule has 2 aromatic heterocycles. The molecule has 2 aromatic rings. The second-order valence-electron chi connectivity index (χ2n) is 3.65. The third-order valence-electron chi connectivity index (χ3n) is 2.62. The lowest BCUT2D eigenvalue weighted by Crippen LogP contribution is -2.05. The number of fused-ring (bicyclic) bond motifs is 2. The molecule has 15 heavy (non-hydrogen) atoms. The molecule has 0 atom stereocenters. The molecule has 3 rings (SSSR count). The first-order valence-electron chi connectivity index (χ1n) is 5.04. The summed E-state index contributed by atoms with van der Waals surface area (Å²) in [6.07, 6.45) is 8.64. The van der Waals surface area contributed by atoms with Crippen molar-refractivity contribution in [2.75, 3.05) is 0 Å². The first kappa shape index (κ1) is 8.41. The van der Waals surface area contributed by atoms with Gasteiger partial charge in [-0.1, -0.05) is 6.08 Å². The number of pyridine rings is 2. The van der Waals surface area contributed by atoms with E-state index in [9.17, 15) is 0 Å². The molecule has 3 nitrogen and oxygen atoms in total. The summed E-state index contributed by atoms with van der Waals surface area (Å²) in [6, 6.07) is 4.13. The quantitative estimate of drug-likeness (QED) is 0.699. The topological polar surface area (TPSA) is 37.8 Å². The Labute approximate surface area is 87.9 Å². The van der Waals surface area contributed by atoms with Gasteiger partial charge in [0.15, 0.2) is 0 Å². The van der Waals surface area contributed by atoms with Crippen molar-refractivity contribution in [1.82, 2.24) is 15.3 Å². The second kappa shape index (κ2) is 3.35. The number of nitrogens with one attached hydrogen (secondary N) is 1. The van der Waals surface area contributed by atoms with E-state index >= 15 is 0 Å². The van der Waals surface area contributed by atoms with Crippen LogP contribution in [0.3, 0.4) is 0 Å². The van der Waals surface area contributed by atoms with Gasteiger partial charge >= 0.3 is 0 Å². The molecule has 1 aliphatic heterocycles. The summed E-state index contributed by atoms with van der Waals surface area (Å²) in [7, 11) is 0. The first-order valence-corrected chi connectivity index (χ1v) is 5.04. The van der Waals surface area contributed by atoms with Crippen LogP contribution in [0.4, 0.5) is 0 Å². The Hall–Kier alpha value is -1.90. The van der Waals surface area contributed by atoms with Crippen LogP contribution in [0.15, 0.2) is 36.8 Å². The minimum atomic E-state index is 0.851. The van der Waals surface area contributed by atoms with E-state index in [2.05, 4.69) is 27.4 Å². The van der Waals surface area contributed by atoms with Crippen molar-refractivity contribution in [2.45, 2.75) is 13.0 Å². The van der Waals surface area contributed by atoms with Crippen LogP contribution in [0.1, 0.15) is 11.3 Å². The summed E-state index contributed by atoms with van der Waals surface area (Å²) >= 11 is 0. The average molecular weight is 197 g/mol. The SMILES string of the molecule is C1=CNCc2cc3cnccc3nc2C1. The van der Waals surface area contributed by atoms with Crippen molar-refractivity contribution in [3.63, 3.8) is 0 Å². The third kappa shape index (κ3) is 1.46. The Balaban J connectivity index is 2.24. The van der Waals surface area contributed by atoms with Crippen molar-refractivity contribution >= 4 is 10.9 Å². The largest absolute Gasteiger partial charge is 0.387 e. The van der Waals surface area contributed by atoms with Gasteiger partial charge in [-0.05, 0) is 23.9 Å². The number of hydrogen-bond acceptors (Lipinski definition) is 3. The lowest BCUT2D eigenvalue weighted by atomic mass is 10.1. The molecule has 3 heteroatoms. The van der Waals surface area contributed by atoms with Crippen molar-refractivity contribution in [1.29, 1.82) is 0 Å². The average Bonchev–Trinajstić information content (AvgIpc) is 2.50. The molecule has 74 valence electrons. The van der Waals surface area contributed by atoms with Gasteiger partial charge in [0, 0.05) is 36.4 Å². The molecule has 0 aromatic carbocycles. The summed E-state index contributed by atoms with van der Waals surface area (Å²) in [6.45, 7) is 0.851. The Bertz CT molecular complexity index is 531. The molecular formula is C12H11N3. The highest BCUT2D eigenvalue weighted by molar-refractivity contribution is 5.78. The van der Waals surface area contributed by atoms with Crippen LogP contribution in [0, 0.1) is 0 Å². The molecule has 1 aliphatic rings. The molecule has 0 aliphatic carbocycles. The number of aromatic nitrogens is 2. The highest BCUT2D eigenvalue weighted by Crippen LogP contribution is 2.17. The summed E-state index contributed by atoms with van der Waals surface area (Å²) in [5.41, 5.74) is 3.45. The fourth-order valence-corrected chi connectivity index (χ4v) is 1.85. The van der Waals surface area contributed by atoms with Crippen LogP contribution >= 0.6 is 0 Å². The molecule has 0 radical (unpaired) electrons. The van der Waals surface area contributed by atoms with Gasteiger partial charge in [-0.25, -0.2) is 0 Å². The predicted octanol–water partition coefficient (Wildman–Crippen LogP) is 1.79. The van der Waals surface area contributed by atoms with Crippen LogP contribution in [0.25, 0.3) is 10.9 Å². The molecule has 0 bridgehead atoms. The van der Waals surface area contributed by atoms with E-state index in [4.69, 9.17) is 0 Å². The maximum absolute atomic E-state index is 4.64. The molecule has 3 heterocycles. The van der Waals surface area contributed by atoms with Crippen LogP contribution in [-0.2, 0) is 13.0 Å². The number of rotatable bonds is 0. The smallest absolute Gasteiger partial charge is 0.0736 e. The summed E-state index contributed by atoms with van der Waals surface area (Å²) in [5.74, 6) is 0. The van der Waals surface area contributed by atoms with Gasteiger partial charge in [0.2, 0.25) is 0 Å². The van der Waals surface area contributed by atoms with E-state index in [0.29, 0.717) is 0 Å². The lowest BCUT2D eigenvalue weighted by molar-refractivity contribution is 0.867. The molecule has 1 N–H and O–H groups in total. The molecule has 0 amide bonds. The summed E-state index contributed by atoms with van der Waals surface area (Å²) < 4.78 is 0. The van der Waals surface area contributed by atoms with Gasteiger partial charge in [-0.2, -0.15) is 0 Å². The molecule has 0 saturated heterocycles. The van der Waals surface area contributed by atoms with Gasteiger partial charge in [0.25, 0.3) is 0 Å². The molecule has 0 fully saturated rings. The van der Waals surface area contributed by atoms with E-state index in [1.165, 1.54) is 5.56 Å². The van der Waals surface area contributed by atoms with E-state index in [1.54, 1.807) is 6.20 Å². The minimum absolute atomic E-state index is 0.851. The molecule has 0 unspecified atom stereocenters. The van der Waals surface area contributed by atoms with Crippen LogP contribution < -0.4 is 5.32 Å². The lowest BCUT2D eigenvalue weighted by Gasteiger charge is -2.06. The fourth-order valence-electron chi connectivity index (χ4n) is 1.85. The Morgan fingerprint density at radius 3 is 3.33 bits per heavy atom. The molecule has 0 saturated carbocycles. The summed E-state index contributed by atoms with van der Waals surface area (Å²) in [4.78, 5) is 8.75. The van der Waals surface area contributed by atoms with Crippen molar-refractivity contribution in [2.24, 2.45) is 0 Å². The number of hydrogen-bond donors (Lipinski definition) is 1. The number of allylic oxidation sites excluding steroid dienone is 1. The van der Waals surface area contributed by atoms with Gasteiger partial charge < -0.3 is 5.32 Å². The number of nitrogens with zero attached hydrogens (tertiary/aromatic N) is 2. The monoisotopic (exact) mass is 197 g/mol. The normalized spacial score (nSPS) is 14.4. The van der Waals surface area contributed by atoms with Gasteiger partial charge in [0.1, 0.15) is 0 Å². The highest BCUT2D eigenvalue weighted by atomic mass is 14.8. The minimum Gasteiger partial charge on any atom is -0.387 e. The van der Waals surface area contributed by atoms with Gasteiger partial charge in [-0.3, -0.25) is 9.97 Å².